The van der Waals surface area contributed by atoms with Crippen molar-refractivity contribution in [3.05, 3.63) is 35.9 Å². The number of nitrogens with zero attached hydrogens (tertiary/aromatic N) is 1. The number of nitrogens with one attached hydrogen (secondary N) is 1. The Morgan fingerprint density at radius 1 is 1.26 bits per heavy atom. The van der Waals surface area contributed by atoms with Gasteiger partial charge in [0, 0.05) is 12.8 Å². The highest BCUT2D eigenvalue weighted by Crippen LogP contribution is 2.24. The third kappa shape index (κ3) is 3.33. The lowest BCUT2D eigenvalue weighted by atomic mass is 10.1. The maximum atomic E-state index is 12.1. The van der Waals surface area contributed by atoms with Crippen molar-refractivity contribution in [3.8, 4) is 0 Å². The number of carbonyl (C=O) groups excluding carboxylic acids is 1. The number of carbonyl (C=O) groups is 1. The van der Waals surface area contributed by atoms with Crippen LogP contribution in [0.25, 0.3) is 0 Å². The summed E-state index contributed by atoms with van der Waals surface area (Å²) in [6.45, 7) is 2.01. The Hall–Kier alpha value is -1.40. The summed E-state index contributed by atoms with van der Waals surface area (Å²) in [6, 6.07) is 9.28. The minimum atomic E-state index is -3.08. The first-order valence-corrected chi connectivity index (χ1v) is 8.24. The minimum absolute atomic E-state index is 0.0174. The van der Waals surface area contributed by atoms with Gasteiger partial charge >= 0.3 is 0 Å². The third-order valence-electron chi connectivity index (χ3n) is 3.19. The Bertz CT molecular complexity index is 557. The lowest BCUT2D eigenvalue weighted by Crippen LogP contribution is -2.34. The van der Waals surface area contributed by atoms with Gasteiger partial charge < -0.3 is 4.90 Å². The fraction of sp³-hybridized carbons (Fsp3) is 0.462. The molecule has 0 aliphatic carbocycles. The molecule has 0 radical (unpaired) electrons. The molecule has 1 heterocycles. The lowest BCUT2D eigenvalue weighted by Gasteiger charge is -2.24. The first-order chi connectivity index (χ1) is 8.88. The summed E-state index contributed by atoms with van der Waals surface area (Å²) in [7, 11) is -3.08. The van der Waals surface area contributed by atoms with Gasteiger partial charge in [-0.15, -0.1) is 0 Å². The SMILES string of the molecule is CC1NC(c2ccccc2)N(CCS(C)(=O)=O)C1=O. The Morgan fingerprint density at radius 2 is 1.89 bits per heavy atom. The molecule has 0 saturated carbocycles. The third-order valence-corrected chi connectivity index (χ3v) is 4.12. The van der Waals surface area contributed by atoms with Crippen LogP contribution in [0, 0.1) is 0 Å². The molecule has 2 rings (SSSR count). The minimum Gasteiger partial charge on any atom is -0.321 e. The van der Waals surface area contributed by atoms with Gasteiger partial charge in [-0.2, -0.15) is 0 Å². The van der Waals surface area contributed by atoms with Crippen molar-refractivity contribution in [2.45, 2.75) is 19.1 Å². The Kier molecular flexibility index (Phi) is 3.91. The van der Waals surface area contributed by atoms with Gasteiger partial charge in [0.2, 0.25) is 5.91 Å². The molecular weight excluding hydrogens is 264 g/mol. The van der Waals surface area contributed by atoms with E-state index in [9.17, 15) is 13.2 Å². The van der Waals surface area contributed by atoms with Gasteiger partial charge in [-0.1, -0.05) is 30.3 Å². The topological polar surface area (TPSA) is 66.5 Å². The van der Waals surface area contributed by atoms with Crippen molar-refractivity contribution in [2.24, 2.45) is 0 Å². The van der Waals surface area contributed by atoms with E-state index in [4.69, 9.17) is 0 Å². The second-order valence-electron chi connectivity index (χ2n) is 4.86. The van der Waals surface area contributed by atoms with Crippen LogP contribution in [-0.4, -0.2) is 43.8 Å². The second-order valence-corrected chi connectivity index (χ2v) is 7.12. The molecule has 2 unspecified atom stereocenters. The van der Waals surface area contributed by atoms with Crippen LogP contribution >= 0.6 is 0 Å². The molecule has 104 valence electrons. The van der Waals surface area contributed by atoms with Crippen molar-refractivity contribution in [1.29, 1.82) is 0 Å². The molecule has 1 aromatic rings. The van der Waals surface area contributed by atoms with Crippen LogP contribution in [0.2, 0.25) is 0 Å². The zero-order valence-corrected chi connectivity index (χ0v) is 11.9. The molecule has 1 aliphatic rings. The average Bonchev–Trinajstić information content (AvgIpc) is 2.64. The summed E-state index contributed by atoms with van der Waals surface area (Å²) in [5, 5.41) is 3.19. The summed E-state index contributed by atoms with van der Waals surface area (Å²) in [5.41, 5.74) is 0.966. The van der Waals surface area contributed by atoms with Crippen molar-refractivity contribution in [3.63, 3.8) is 0 Å². The summed E-state index contributed by atoms with van der Waals surface area (Å²) in [5.74, 6) is -0.0753. The van der Waals surface area contributed by atoms with Crippen LogP contribution < -0.4 is 5.32 Å². The molecule has 0 spiro atoms. The average molecular weight is 282 g/mol. The van der Waals surface area contributed by atoms with Crippen LogP contribution in [0.5, 0.6) is 0 Å². The summed E-state index contributed by atoms with van der Waals surface area (Å²) < 4.78 is 22.5. The molecule has 1 aromatic carbocycles. The smallest absolute Gasteiger partial charge is 0.241 e. The zero-order chi connectivity index (χ0) is 14.0. The number of sulfone groups is 1. The zero-order valence-electron chi connectivity index (χ0n) is 11.0. The molecule has 0 bridgehead atoms. The van der Waals surface area contributed by atoms with E-state index >= 15 is 0 Å². The van der Waals surface area contributed by atoms with Gasteiger partial charge in [0.15, 0.2) is 0 Å². The van der Waals surface area contributed by atoms with Crippen LogP contribution in [0.1, 0.15) is 18.7 Å². The Balaban J connectivity index is 2.19. The maximum absolute atomic E-state index is 12.1. The Morgan fingerprint density at radius 3 is 2.47 bits per heavy atom. The number of hydrogen-bond donors (Lipinski definition) is 1. The highest BCUT2D eigenvalue weighted by atomic mass is 32.2. The quantitative estimate of drug-likeness (QED) is 0.876. The fourth-order valence-electron chi connectivity index (χ4n) is 2.19. The first kappa shape index (κ1) is 14.0. The van der Waals surface area contributed by atoms with Crippen molar-refractivity contribution in [2.75, 3.05) is 18.6 Å². The predicted octanol–water partition coefficient (Wildman–Crippen LogP) is 0.550. The number of hydrogen-bond acceptors (Lipinski definition) is 4. The lowest BCUT2D eigenvalue weighted by molar-refractivity contribution is -0.129. The summed E-state index contributed by atoms with van der Waals surface area (Å²) in [4.78, 5) is 13.7. The largest absolute Gasteiger partial charge is 0.321 e. The van der Waals surface area contributed by atoms with Gasteiger partial charge in [0.25, 0.3) is 0 Å². The molecular formula is C13H18N2O3S. The molecule has 2 atom stereocenters. The predicted molar refractivity (Wildman–Crippen MR) is 73.2 cm³/mol. The monoisotopic (exact) mass is 282 g/mol. The standard InChI is InChI=1S/C13H18N2O3S/c1-10-13(16)15(8-9-19(2,17)18)12(14-10)11-6-4-3-5-7-11/h3-7,10,12,14H,8-9H2,1-2H3. The van der Waals surface area contributed by atoms with E-state index in [1.807, 2.05) is 30.3 Å². The highest BCUT2D eigenvalue weighted by molar-refractivity contribution is 7.90. The van der Waals surface area contributed by atoms with E-state index in [0.717, 1.165) is 5.56 Å². The molecule has 19 heavy (non-hydrogen) atoms. The van der Waals surface area contributed by atoms with E-state index < -0.39 is 9.84 Å². The normalized spacial score (nSPS) is 23.9. The summed E-state index contributed by atoms with van der Waals surface area (Å²) >= 11 is 0. The van der Waals surface area contributed by atoms with Crippen molar-refractivity contribution < 1.29 is 13.2 Å². The summed E-state index contributed by atoms with van der Waals surface area (Å²) in [6.07, 6.45) is 0.938. The van der Waals surface area contributed by atoms with E-state index in [-0.39, 0.29) is 30.4 Å². The van der Waals surface area contributed by atoms with Gasteiger partial charge in [0.05, 0.1) is 11.8 Å². The highest BCUT2D eigenvalue weighted by Gasteiger charge is 2.36. The number of rotatable bonds is 4. The van der Waals surface area contributed by atoms with E-state index in [1.54, 1.807) is 11.8 Å². The van der Waals surface area contributed by atoms with Crippen LogP contribution in [0.3, 0.4) is 0 Å². The van der Waals surface area contributed by atoms with Crippen molar-refractivity contribution in [1.82, 2.24) is 10.2 Å². The molecule has 1 aliphatic heterocycles. The maximum Gasteiger partial charge on any atom is 0.241 e. The molecule has 5 nitrogen and oxygen atoms in total. The van der Waals surface area contributed by atoms with Crippen LogP contribution in [0.4, 0.5) is 0 Å². The van der Waals surface area contributed by atoms with Crippen LogP contribution in [0.15, 0.2) is 30.3 Å². The van der Waals surface area contributed by atoms with Gasteiger partial charge in [-0.25, -0.2) is 8.42 Å². The Labute approximate surface area is 113 Å². The fourth-order valence-corrected chi connectivity index (χ4v) is 2.72. The first-order valence-electron chi connectivity index (χ1n) is 6.18. The van der Waals surface area contributed by atoms with E-state index in [0.29, 0.717) is 0 Å². The van der Waals surface area contributed by atoms with Gasteiger partial charge in [-0.05, 0) is 12.5 Å². The van der Waals surface area contributed by atoms with E-state index in [1.165, 1.54) is 6.26 Å². The molecule has 1 saturated heterocycles. The number of benzene rings is 1. The molecule has 1 amide bonds. The van der Waals surface area contributed by atoms with Crippen molar-refractivity contribution >= 4 is 15.7 Å². The van der Waals surface area contributed by atoms with E-state index in [2.05, 4.69) is 5.32 Å². The molecule has 1 fully saturated rings. The molecule has 1 N–H and O–H groups in total. The van der Waals surface area contributed by atoms with Gasteiger partial charge in [-0.3, -0.25) is 10.1 Å². The van der Waals surface area contributed by atoms with Gasteiger partial charge in [0.1, 0.15) is 16.0 Å². The number of amides is 1. The second kappa shape index (κ2) is 5.30. The van der Waals surface area contributed by atoms with Crippen LogP contribution in [-0.2, 0) is 14.6 Å². The molecule has 0 aromatic heterocycles. The molecule has 6 heteroatoms.